The molecule has 2 aromatic rings. The Kier molecular flexibility index (Phi) is 4.19. The summed E-state index contributed by atoms with van der Waals surface area (Å²) in [5.41, 5.74) is 6.72. The van der Waals surface area contributed by atoms with E-state index in [1.165, 1.54) is 16.7 Å². The predicted molar refractivity (Wildman–Crippen MR) is 83.4 cm³/mol. The maximum absolute atomic E-state index is 12.6. The van der Waals surface area contributed by atoms with Crippen LogP contribution in [-0.4, -0.2) is 41.8 Å². The van der Waals surface area contributed by atoms with Gasteiger partial charge in [-0.05, 0) is 12.8 Å². The van der Waals surface area contributed by atoms with Crippen molar-refractivity contribution in [3.8, 4) is 11.4 Å². The standard InChI is InChI=1S/C15H18N4O2S/c16-13-7-4-8-19(11-13)22(20,21)14-9-17-15(18-10-14)12-5-2-1-3-6-12/h1-3,5-6,9-10,13H,4,7-8,11,16H2. The van der Waals surface area contributed by atoms with Gasteiger partial charge in [0, 0.05) is 24.7 Å². The molecule has 1 aromatic carbocycles. The lowest BCUT2D eigenvalue weighted by molar-refractivity contribution is 0.316. The molecule has 0 radical (unpaired) electrons. The fraction of sp³-hybridized carbons (Fsp3) is 0.333. The molecule has 0 bridgehead atoms. The minimum atomic E-state index is -3.57. The number of piperidine rings is 1. The molecule has 3 rings (SSSR count). The van der Waals surface area contributed by atoms with Crippen LogP contribution in [0.5, 0.6) is 0 Å². The molecule has 1 saturated heterocycles. The number of sulfonamides is 1. The SMILES string of the molecule is NC1CCCN(S(=O)(=O)c2cnc(-c3ccccc3)nc2)C1. The third-order valence-electron chi connectivity index (χ3n) is 3.72. The zero-order valence-corrected chi connectivity index (χ0v) is 12.9. The molecule has 0 spiro atoms. The van der Waals surface area contributed by atoms with Crippen LogP contribution in [0, 0.1) is 0 Å². The summed E-state index contributed by atoms with van der Waals surface area (Å²) in [4.78, 5) is 8.47. The first kappa shape index (κ1) is 15.1. The lowest BCUT2D eigenvalue weighted by Crippen LogP contribution is -2.45. The van der Waals surface area contributed by atoms with Gasteiger partial charge in [0.25, 0.3) is 0 Å². The summed E-state index contributed by atoms with van der Waals surface area (Å²) in [6.07, 6.45) is 4.37. The third kappa shape index (κ3) is 3.01. The van der Waals surface area contributed by atoms with Crippen molar-refractivity contribution in [1.82, 2.24) is 14.3 Å². The Labute approximate surface area is 130 Å². The lowest BCUT2D eigenvalue weighted by atomic mass is 10.1. The van der Waals surface area contributed by atoms with Crippen molar-refractivity contribution in [3.63, 3.8) is 0 Å². The third-order valence-corrected chi connectivity index (χ3v) is 5.54. The number of rotatable bonds is 3. The molecule has 1 fully saturated rings. The van der Waals surface area contributed by atoms with Crippen molar-refractivity contribution in [2.45, 2.75) is 23.8 Å². The van der Waals surface area contributed by atoms with Gasteiger partial charge in [-0.25, -0.2) is 18.4 Å². The summed E-state index contributed by atoms with van der Waals surface area (Å²) in [6.45, 7) is 0.846. The van der Waals surface area contributed by atoms with Crippen LogP contribution in [0.25, 0.3) is 11.4 Å². The molecule has 7 heteroatoms. The average molecular weight is 318 g/mol. The van der Waals surface area contributed by atoms with E-state index in [4.69, 9.17) is 5.73 Å². The van der Waals surface area contributed by atoms with Gasteiger partial charge in [-0.3, -0.25) is 0 Å². The van der Waals surface area contributed by atoms with E-state index in [9.17, 15) is 8.42 Å². The molecule has 1 unspecified atom stereocenters. The van der Waals surface area contributed by atoms with Crippen LogP contribution in [-0.2, 0) is 10.0 Å². The quantitative estimate of drug-likeness (QED) is 0.920. The molecular weight excluding hydrogens is 300 g/mol. The van der Waals surface area contributed by atoms with E-state index in [1.54, 1.807) is 0 Å². The van der Waals surface area contributed by atoms with Crippen LogP contribution in [0.1, 0.15) is 12.8 Å². The number of hydrogen-bond donors (Lipinski definition) is 1. The molecule has 0 saturated carbocycles. The maximum atomic E-state index is 12.6. The van der Waals surface area contributed by atoms with Crippen molar-refractivity contribution >= 4 is 10.0 Å². The summed E-state index contributed by atoms with van der Waals surface area (Å²) < 4.78 is 26.6. The Morgan fingerprint density at radius 2 is 1.82 bits per heavy atom. The monoisotopic (exact) mass is 318 g/mol. The number of aromatic nitrogens is 2. The highest BCUT2D eigenvalue weighted by atomic mass is 32.2. The maximum Gasteiger partial charge on any atom is 0.246 e. The van der Waals surface area contributed by atoms with E-state index in [1.807, 2.05) is 30.3 Å². The summed E-state index contributed by atoms with van der Waals surface area (Å²) in [7, 11) is -3.57. The van der Waals surface area contributed by atoms with Gasteiger partial charge in [-0.1, -0.05) is 30.3 Å². The van der Waals surface area contributed by atoms with Gasteiger partial charge in [-0.15, -0.1) is 0 Å². The van der Waals surface area contributed by atoms with Gasteiger partial charge in [0.1, 0.15) is 4.90 Å². The minimum absolute atomic E-state index is 0.104. The van der Waals surface area contributed by atoms with Crippen LogP contribution in [0.4, 0.5) is 0 Å². The number of benzene rings is 1. The molecule has 6 nitrogen and oxygen atoms in total. The molecule has 0 aliphatic carbocycles. The minimum Gasteiger partial charge on any atom is -0.327 e. The largest absolute Gasteiger partial charge is 0.327 e. The van der Waals surface area contributed by atoms with Gasteiger partial charge in [-0.2, -0.15) is 4.31 Å². The van der Waals surface area contributed by atoms with Gasteiger partial charge < -0.3 is 5.73 Å². The second-order valence-electron chi connectivity index (χ2n) is 5.37. The van der Waals surface area contributed by atoms with Gasteiger partial charge >= 0.3 is 0 Å². The van der Waals surface area contributed by atoms with E-state index in [0.29, 0.717) is 18.9 Å². The second kappa shape index (κ2) is 6.12. The smallest absolute Gasteiger partial charge is 0.246 e. The van der Waals surface area contributed by atoms with E-state index < -0.39 is 10.0 Å². The van der Waals surface area contributed by atoms with Crippen LogP contribution in [0.15, 0.2) is 47.6 Å². The highest BCUT2D eigenvalue weighted by Crippen LogP contribution is 2.20. The first-order chi connectivity index (χ1) is 10.6. The van der Waals surface area contributed by atoms with Crippen LogP contribution in [0.2, 0.25) is 0 Å². The van der Waals surface area contributed by atoms with E-state index in [-0.39, 0.29) is 10.9 Å². The van der Waals surface area contributed by atoms with Crippen molar-refractivity contribution in [2.75, 3.05) is 13.1 Å². The Hall–Kier alpha value is -1.83. The average Bonchev–Trinajstić information content (AvgIpc) is 2.56. The molecule has 116 valence electrons. The molecule has 2 heterocycles. The summed E-state index contributed by atoms with van der Waals surface area (Å²) in [5.74, 6) is 0.509. The molecule has 0 amide bonds. The van der Waals surface area contributed by atoms with Crippen LogP contribution >= 0.6 is 0 Å². The number of hydrogen-bond acceptors (Lipinski definition) is 5. The predicted octanol–water partition coefficient (Wildman–Crippen LogP) is 1.26. The van der Waals surface area contributed by atoms with Crippen molar-refractivity contribution < 1.29 is 8.42 Å². The highest BCUT2D eigenvalue weighted by molar-refractivity contribution is 7.89. The first-order valence-electron chi connectivity index (χ1n) is 7.20. The molecule has 1 atom stereocenters. The summed E-state index contributed by atoms with van der Waals surface area (Å²) >= 11 is 0. The molecule has 22 heavy (non-hydrogen) atoms. The Morgan fingerprint density at radius 1 is 1.14 bits per heavy atom. The first-order valence-corrected chi connectivity index (χ1v) is 8.64. The molecule has 1 aliphatic heterocycles. The fourth-order valence-corrected chi connectivity index (χ4v) is 3.95. The summed E-state index contributed by atoms with van der Waals surface area (Å²) in [6, 6.07) is 9.34. The Morgan fingerprint density at radius 3 is 2.45 bits per heavy atom. The summed E-state index contributed by atoms with van der Waals surface area (Å²) in [5, 5.41) is 0. The zero-order chi connectivity index (χ0) is 15.6. The van der Waals surface area contributed by atoms with Crippen LogP contribution < -0.4 is 5.73 Å². The number of nitrogens with zero attached hydrogens (tertiary/aromatic N) is 3. The van der Waals surface area contributed by atoms with E-state index in [0.717, 1.165) is 18.4 Å². The van der Waals surface area contributed by atoms with Gasteiger partial charge in [0.15, 0.2) is 5.82 Å². The molecule has 1 aromatic heterocycles. The zero-order valence-electron chi connectivity index (χ0n) is 12.1. The highest BCUT2D eigenvalue weighted by Gasteiger charge is 2.29. The van der Waals surface area contributed by atoms with Gasteiger partial charge in [0.2, 0.25) is 10.0 Å². The molecule has 2 N–H and O–H groups in total. The fourth-order valence-electron chi connectivity index (χ4n) is 2.53. The lowest BCUT2D eigenvalue weighted by Gasteiger charge is -2.29. The van der Waals surface area contributed by atoms with Crippen molar-refractivity contribution in [2.24, 2.45) is 5.73 Å². The van der Waals surface area contributed by atoms with Crippen molar-refractivity contribution in [3.05, 3.63) is 42.7 Å². The van der Waals surface area contributed by atoms with Gasteiger partial charge in [0.05, 0.1) is 12.4 Å². The Balaban J connectivity index is 1.86. The second-order valence-corrected chi connectivity index (χ2v) is 7.31. The molecular formula is C15H18N4O2S. The van der Waals surface area contributed by atoms with Crippen LogP contribution in [0.3, 0.4) is 0 Å². The number of nitrogens with two attached hydrogens (primary N) is 1. The molecule has 1 aliphatic rings. The van der Waals surface area contributed by atoms with E-state index >= 15 is 0 Å². The Bertz CT molecular complexity index is 732. The topological polar surface area (TPSA) is 89.2 Å². The van der Waals surface area contributed by atoms with Crippen molar-refractivity contribution in [1.29, 1.82) is 0 Å². The normalized spacial score (nSPS) is 20.0. The van der Waals surface area contributed by atoms with E-state index in [2.05, 4.69) is 9.97 Å².